The lowest BCUT2D eigenvalue weighted by molar-refractivity contribution is -0.143. The van der Waals surface area contributed by atoms with Gasteiger partial charge in [-0.2, -0.15) is 26.3 Å². The van der Waals surface area contributed by atoms with Crippen LogP contribution in [0, 0.1) is 0 Å². The van der Waals surface area contributed by atoms with Crippen LogP contribution in [0.1, 0.15) is 37.3 Å². The van der Waals surface area contributed by atoms with E-state index in [0.717, 1.165) is 0 Å². The van der Waals surface area contributed by atoms with Crippen molar-refractivity contribution < 1.29 is 41.0 Å². The minimum atomic E-state index is -4.96. The molecule has 130 valence electrons. The summed E-state index contributed by atoms with van der Waals surface area (Å²) in [7, 11) is 0. The molecule has 0 amide bonds. The van der Waals surface area contributed by atoms with Gasteiger partial charge in [0.25, 0.3) is 0 Å². The fraction of sp³-hybridized carbons (Fsp3) is 0.500. The molecule has 1 atom stereocenters. The molecule has 1 N–H and O–H groups in total. The monoisotopic (exact) mass is 344 g/mol. The number of hydrogen-bond acceptors (Lipinski definition) is 2. The minimum absolute atomic E-state index is 0.00502. The molecule has 23 heavy (non-hydrogen) atoms. The van der Waals surface area contributed by atoms with Crippen molar-refractivity contribution in [3.8, 4) is 5.75 Å². The number of carboxylic acid groups (broad SMARTS) is 1. The van der Waals surface area contributed by atoms with Crippen LogP contribution in [0.25, 0.3) is 0 Å². The standard InChI is InChI=1S/C14H14F6O3/c1-2-10(3-4-12(21)22)23-11-6-8(13(15,16)17)5-9(7-11)14(18,19)20/h5-7,10H,2-4H2,1H3,(H,21,22). The Kier molecular flexibility index (Phi) is 5.90. The summed E-state index contributed by atoms with van der Waals surface area (Å²) in [4.78, 5) is 10.5. The third kappa shape index (κ3) is 5.99. The number of carbonyl (C=O) groups is 1. The van der Waals surface area contributed by atoms with Crippen molar-refractivity contribution in [1.82, 2.24) is 0 Å². The lowest BCUT2D eigenvalue weighted by Crippen LogP contribution is -2.18. The third-order valence-electron chi connectivity index (χ3n) is 3.00. The van der Waals surface area contributed by atoms with Crippen molar-refractivity contribution >= 4 is 5.97 Å². The van der Waals surface area contributed by atoms with Crippen molar-refractivity contribution in [3.63, 3.8) is 0 Å². The number of rotatable bonds is 6. The van der Waals surface area contributed by atoms with Crippen molar-refractivity contribution in [2.45, 2.75) is 44.6 Å². The molecule has 1 unspecified atom stereocenters. The number of aliphatic carboxylic acids is 1. The zero-order valence-electron chi connectivity index (χ0n) is 12.0. The van der Waals surface area contributed by atoms with E-state index < -0.39 is 41.3 Å². The van der Waals surface area contributed by atoms with E-state index in [1.54, 1.807) is 6.92 Å². The van der Waals surface area contributed by atoms with E-state index in [0.29, 0.717) is 12.1 Å². The summed E-state index contributed by atoms with van der Waals surface area (Å²) < 4.78 is 81.4. The molecule has 1 aromatic carbocycles. The normalized spacial score (nSPS) is 13.7. The van der Waals surface area contributed by atoms with Crippen molar-refractivity contribution in [3.05, 3.63) is 29.3 Å². The summed E-state index contributed by atoms with van der Waals surface area (Å²) in [5.74, 6) is -1.73. The first-order chi connectivity index (χ1) is 10.4. The number of carboxylic acids is 1. The SMILES string of the molecule is CCC(CCC(=O)O)Oc1cc(C(F)(F)F)cc(C(F)(F)F)c1. The molecular weight excluding hydrogens is 330 g/mol. The van der Waals surface area contributed by atoms with Gasteiger partial charge in [0.05, 0.1) is 17.2 Å². The van der Waals surface area contributed by atoms with Crippen LogP contribution >= 0.6 is 0 Å². The van der Waals surface area contributed by atoms with Gasteiger partial charge in [-0.1, -0.05) is 6.92 Å². The lowest BCUT2D eigenvalue weighted by atomic mass is 10.1. The predicted molar refractivity (Wildman–Crippen MR) is 68.0 cm³/mol. The Balaban J connectivity index is 3.11. The van der Waals surface area contributed by atoms with Gasteiger partial charge in [-0.3, -0.25) is 4.79 Å². The molecule has 9 heteroatoms. The molecule has 0 saturated carbocycles. The number of ether oxygens (including phenoxy) is 1. The fourth-order valence-electron chi connectivity index (χ4n) is 1.82. The van der Waals surface area contributed by atoms with Crippen LogP contribution in [-0.4, -0.2) is 17.2 Å². The van der Waals surface area contributed by atoms with E-state index in [1.165, 1.54) is 0 Å². The second-order valence-corrected chi connectivity index (χ2v) is 4.82. The number of hydrogen-bond donors (Lipinski definition) is 1. The highest BCUT2D eigenvalue weighted by Gasteiger charge is 2.37. The van der Waals surface area contributed by atoms with Crippen molar-refractivity contribution in [2.24, 2.45) is 0 Å². The number of benzene rings is 1. The smallest absolute Gasteiger partial charge is 0.416 e. The summed E-state index contributed by atoms with van der Waals surface area (Å²) in [5.41, 5.74) is -2.95. The highest BCUT2D eigenvalue weighted by molar-refractivity contribution is 5.66. The van der Waals surface area contributed by atoms with Crippen molar-refractivity contribution in [2.75, 3.05) is 0 Å². The Bertz CT molecular complexity index is 518. The van der Waals surface area contributed by atoms with Gasteiger partial charge < -0.3 is 9.84 Å². The molecule has 0 saturated heterocycles. The zero-order chi connectivity index (χ0) is 17.8. The van der Waals surface area contributed by atoms with Crippen LogP contribution in [0.4, 0.5) is 26.3 Å². The highest BCUT2D eigenvalue weighted by Crippen LogP contribution is 2.38. The van der Waals surface area contributed by atoms with E-state index in [2.05, 4.69) is 0 Å². The Hall–Kier alpha value is -1.93. The van der Waals surface area contributed by atoms with Gasteiger partial charge in [0.15, 0.2) is 0 Å². The largest absolute Gasteiger partial charge is 0.490 e. The molecule has 0 fully saturated rings. The van der Waals surface area contributed by atoms with Gasteiger partial charge in [0.2, 0.25) is 0 Å². The molecule has 0 bridgehead atoms. The van der Waals surface area contributed by atoms with Gasteiger partial charge in [-0.25, -0.2) is 0 Å². The predicted octanol–water partition coefficient (Wildman–Crippen LogP) is 4.75. The fourth-order valence-corrected chi connectivity index (χ4v) is 1.82. The molecule has 0 heterocycles. The first kappa shape index (κ1) is 19.1. The van der Waals surface area contributed by atoms with E-state index in [-0.39, 0.29) is 25.3 Å². The van der Waals surface area contributed by atoms with Gasteiger partial charge in [-0.15, -0.1) is 0 Å². The molecule has 0 aliphatic rings. The van der Waals surface area contributed by atoms with Crippen LogP contribution < -0.4 is 4.74 Å². The molecule has 0 aromatic heterocycles. The molecule has 1 rings (SSSR count). The van der Waals surface area contributed by atoms with Gasteiger partial charge in [-0.05, 0) is 31.0 Å². The summed E-state index contributed by atoms with van der Waals surface area (Å²) >= 11 is 0. The molecule has 1 aromatic rings. The van der Waals surface area contributed by atoms with Crippen LogP contribution in [0.2, 0.25) is 0 Å². The summed E-state index contributed by atoms with van der Waals surface area (Å²) in [6, 6.07) is 0.947. The summed E-state index contributed by atoms with van der Waals surface area (Å²) in [6.07, 6.45) is -10.8. The Morgan fingerprint density at radius 3 is 1.91 bits per heavy atom. The summed E-state index contributed by atoms with van der Waals surface area (Å²) in [6.45, 7) is 1.59. The average molecular weight is 344 g/mol. The quantitative estimate of drug-likeness (QED) is 0.758. The van der Waals surface area contributed by atoms with Gasteiger partial charge >= 0.3 is 18.3 Å². The lowest BCUT2D eigenvalue weighted by Gasteiger charge is -2.19. The molecule has 0 aliphatic carbocycles. The number of halogens is 6. The molecule has 0 spiro atoms. The molecule has 0 aliphatic heterocycles. The maximum Gasteiger partial charge on any atom is 0.416 e. The first-order valence-electron chi connectivity index (χ1n) is 6.61. The van der Waals surface area contributed by atoms with Gasteiger partial charge in [0, 0.05) is 6.42 Å². The first-order valence-corrected chi connectivity index (χ1v) is 6.61. The topological polar surface area (TPSA) is 46.5 Å². The highest BCUT2D eigenvalue weighted by atomic mass is 19.4. The minimum Gasteiger partial charge on any atom is -0.490 e. The van der Waals surface area contributed by atoms with E-state index in [9.17, 15) is 31.1 Å². The molecule has 3 nitrogen and oxygen atoms in total. The van der Waals surface area contributed by atoms with Crippen LogP contribution in [0.15, 0.2) is 18.2 Å². The Morgan fingerprint density at radius 1 is 1.09 bits per heavy atom. The second kappa shape index (κ2) is 7.10. The molecular formula is C14H14F6O3. The maximum atomic E-state index is 12.7. The Labute approximate surface area is 127 Å². The Morgan fingerprint density at radius 2 is 1.57 bits per heavy atom. The van der Waals surface area contributed by atoms with Crippen LogP contribution in [0.5, 0.6) is 5.75 Å². The second-order valence-electron chi connectivity index (χ2n) is 4.82. The zero-order valence-corrected chi connectivity index (χ0v) is 12.0. The van der Waals surface area contributed by atoms with E-state index >= 15 is 0 Å². The van der Waals surface area contributed by atoms with Crippen LogP contribution in [-0.2, 0) is 17.1 Å². The van der Waals surface area contributed by atoms with Gasteiger partial charge in [0.1, 0.15) is 5.75 Å². The summed E-state index contributed by atoms with van der Waals surface area (Å²) in [5, 5.41) is 8.57. The van der Waals surface area contributed by atoms with Crippen LogP contribution in [0.3, 0.4) is 0 Å². The maximum absolute atomic E-state index is 12.7. The molecule has 0 radical (unpaired) electrons. The average Bonchev–Trinajstić information content (AvgIpc) is 2.41. The van der Waals surface area contributed by atoms with E-state index in [4.69, 9.17) is 9.84 Å². The number of alkyl halides is 6. The van der Waals surface area contributed by atoms with Crippen molar-refractivity contribution in [1.29, 1.82) is 0 Å². The third-order valence-corrected chi connectivity index (χ3v) is 3.00. The van der Waals surface area contributed by atoms with E-state index in [1.807, 2.05) is 0 Å².